The highest BCUT2D eigenvalue weighted by Crippen LogP contribution is 2.28. The molecule has 0 spiro atoms. The fraction of sp³-hybridized carbons (Fsp3) is 0.583. The molecule has 1 aliphatic rings. The minimum absolute atomic E-state index is 0. The predicted molar refractivity (Wildman–Crippen MR) is 78.0 cm³/mol. The first-order valence-corrected chi connectivity index (χ1v) is 7.76. The maximum absolute atomic E-state index is 12.5. The summed E-state index contributed by atoms with van der Waals surface area (Å²) in [4.78, 5) is 11.5. The predicted octanol–water partition coefficient (Wildman–Crippen LogP) is 0.908. The van der Waals surface area contributed by atoms with E-state index in [-0.39, 0.29) is 41.4 Å². The quantitative estimate of drug-likeness (QED) is 0.818. The van der Waals surface area contributed by atoms with Gasteiger partial charge >= 0.3 is 5.97 Å². The van der Waals surface area contributed by atoms with Crippen LogP contribution in [0.4, 0.5) is 0 Å². The summed E-state index contributed by atoms with van der Waals surface area (Å²) in [6, 6.07) is 0.995. The van der Waals surface area contributed by atoms with E-state index < -0.39 is 16.0 Å². The Kier molecular flexibility index (Phi) is 5.80. The van der Waals surface area contributed by atoms with Gasteiger partial charge in [-0.25, -0.2) is 13.2 Å². The van der Waals surface area contributed by atoms with Crippen molar-refractivity contribution in [2.24, 2.45) is 5.73 Å². The molecular weight excluding hydrogens is 320 g/mol. The number of nitrogens with two attached hydrogens (primary N) is 1. The van der Waals surface area contributed by atoms with Crippen molar-refractivity contribution in [1.29, 1.82) is 0 Å². The lowest BCUT2D eigenvalue weighted by atomic mass is 10.2. The normalized spacial score (nSPS) is 19.3. The van der Waals surface area contributed by atoms with Crippen molar-refractivity contribution < 1.29 is 22.4 Å². The minimum atomic E-state index is -3.76. The van der Waals surface area contributed by atoms with Crippen LogP contribution in [0.25, 0.3) is 0 Å². The number of aryl methyl sites for hydroxylation is 1. The van der Waals surface area contributed by atoms with Crippen LogP contribution in [0.2, 0.25) is 0 Å². The highest BCUT2D eigenvalue weighted by atomic mass is 35.5. The summed E-state index contributed by atoms with van der Waals surface area (Å²) in [5.74, 6) is -0.400. The number of ether oxygens (including phenoxy) is 1. The van der Waals surface area contributed by atoms with Crippen LogP contribution < -0.4 is 5.73 Å². The van der Waals surface area contributed by atoms with Crippen LogP contribution in [-0.2, 0) is 14.8 Å². The van der Waals surface area contributed by atoms with Crippen LogP contribution in [0.3, 0.4) is 0 Å². The third kappa shape index (κ3) is 3.23. The smallest absolute Gasteiger partial charge is 0.341 e. The van der Waals surface area contributed by atoms with E-state index in [1.807, 2.05) is 0 Å². The van der Waals surface area contributed by atoms with Gasteiger partial charge in [-0.15, -0.1) is 12.4 Å². The van der Waals surface area contributed by atoms with Gasteiger partial charge in [0.25, 0.3) is 10.0 Å². The van der Waals surface area contributed by atoms with Crippen LogP contribution in [0.15, 0.2) is 15.6 Å². The summed E-state index contributed by atoms with van der Waals surface area (Å²) >= 11 is 0. The van der Waals surface area contributed by atoms with Crippen molar-refractivity contribution in [2.75, 3.05) is 20.2 Å². The Morgan fingerprint density at radius 1 is 1.57 bits per heavy atom. The number of halogens is 1. The second kappa shape index (κ2) is 6.78. The molecule has 0 aromatic carbocycles. The first-order valence-electron chi connectivity index (χ1n) is 6.32. The summed E-state index contributed by atoms with van der Waals surface area (Å²) in [7, 11) is -2.53. The van der Waals surface area contributed by atoms with E-state index in [1.54, 1.807) is 0 Å². The van der Waals surface area contributed by atoms with Gasteiger partial charge in [0.2, 0.25) is 5.09 Å². The van der Waals surface area contributed by atoms with Crippen LogP contribution in [0, 0.1) is 6.92 Å². The highest BCUT2D eigenvalue weighted by molar-refractivity contribution is 7.89. The van der Waals surface area contributed by atoms with Crippen molar-refractivity contribution >= 4 is 28.4 Å². The number of hydrogen-bond donors (Lipinski definition) is 1. The number of rotatable bonds is 4. The monoisotopic (exact) mass is 338 g/mol. The number of methoxy groups -OCH3 is 1. The summed E-state index contributed by atoms with van der Waals surface area (Å²) in [5.41, 5.74) is 5.71. The zero-order chi connectivity index (χ0) is 14.9. The summed E-state index contributed by atoms with van der Waals surface area (Å²) in [6.07, 6.45) is 1.50. The second-order valence-corrected chi connectivity index (χ2v) is 6.50. The molecule has 1 atom stereocenters. The van der Waals surface area contributed by atoms with Gasteiger partial charge in [-0.05, 0) is 19.8 Å². The molecule has 7 nitrogen and oxygen atoms in total. The topological polar surface area (TPSA) is 103 Å². The largest absolute Gasteiger partial charge is 0.465 e. The number of carbonyl (C=O) groups excluding carboxylic acids is 1. The molecule has 1 aliphatic heterocycles. The first kappa shape index (κ1) is 18.0. The van der Waals surface area contributed by atoms with Crippen LogP contribution in [0.1, 0.15) is 29.0 Å². The molecule has 2 rings (SSSR count). The molecule has 120 valence electrons. The molecule has 0 amide bonds. The summed E-state index contributed by atoms with van der Waals surface area (Å²) < 4.78 is 36.2. The molecule has 9 heteroatoms. The Morgan fingerprint density at radius 3 is 2.81 bits per heavy atom. The van der Waals surface area contributed by atoms with E-state index in [0.29, 0.717) is 6.54 Å². The van der Waals surface area contributed by atoms with Gasteiger partial charge in [0.05, 0.1) is 7.11 Å². The number of esters is 1. The maximum atomic E-state index is 12.5. The van der Waals surface area contributed by atoms with Crippen LogP contribution in [0.5, 0.6) is 0 Å². The molecule has 0 radical (unpaired) electrons. The number of hydrogen-bond acceptors (Lipinski definition) is 6. The Morgan fingerprint density at radius 2 is 2.24 bits per heavy atom. The fourth-order valence-electron chi connectivity index (χ4n) is 2.37. The lowest BCUT2D eigenvalue weighted by Crippen LogP contribution is -2.39. The van der Waals surface area contributed by atoms with E-state index in [9.17, 15) is 13.2 Å². The third-order valence-corrected chi connectivity index (χ3v) is 5.27. The molecule has 1 aromatic heterocycles. The molecular formula is C12H19ClN2O5S. The zero-order valence-corrected chi connectivity index (χ0v) is 13.5. The molecule has 1 unspecified atom stereocenters. The Labute approximate surface area is 129 Å². The third-order valence-electron chi connectivity index (χ3n) is 3.46. The number of furan rings is 1. The van der Waals surface area contributed by atoms with Crippen molar-refractivity contribution in [3.8, 4) is 0 Å². The van der Waals surface area contributed by atoms with Crippen molar-refractivity contribution in [3.05, 3.63) is 17.4 Å². The van der Waals surface area contributed by atoms with Gasteiger partial charge in [0.15, 0.2) is 0 Å². The molecule has 0 saturated carbocycles. The fourth-order valence-corrected chi connectivity index (χ4v) is 4.05. The van der Waals surface area contributed by atoms with Crippen LogP contribution in [-0.4, -0.2) is 44.9 Å². The average molecular weight is 339 g/mol. The Hall–Kier alpha value is -1.09. The molecule has 21 heavy (non-hydrogen) atoms. The van der Waals surface area contributed by atoms with E-state index in [1.165, 1.54) is 24.4 Å². The molecule has 0 aliphatic carbocycles. The average Bonchev–Trinajstić information content (AvgIpc) is 3.04. The molecule has 1 fully saturated rings. The van der Waals surface area contributed by atoms with Gasteiger partial charge < -0.3 is 14.9 Å². The molecule has 2 heterocycles. The van der Waals surface area contributed by atoms with Gasteiger partial charge in [-0.1, -0.05) is 0 Å². The number of carbonyl (C=O) groups is 1. The number of sulfonamides is 1. The highest BCUT2D eigenvalue weighted by Gasteiger charge is 2.37. The van der Waals surface area contributed by atoms with Gasteiger partial charge in [-0.3, -0.25) is 0 Å². The van der Waals surface area contributed by atoms with Gasteiger partial charge in [0, 0.05) is 25.2 Å². The molecule has 1 saturated heterocycles. The maximum Gasteiger partial charge on any atom is 0.341 e. The number of nitrogens with zero attached hydrogens (tertiary/aromatic N) is 1. The van der Waals surface area contributed by atoms with Crippen molar-refractivity contribution in [1.82, 2.24) is 4.31 Å². The Balaban J connectivity index is 0.00000220. The molecule has 2 N–H and O–H groups in total. The minimum Gasteiger partial charge on any atom is -0.465 e. The van der Waals surface area contributed by atoms with Gasteiger partial charge in [0.1, 0.15) is 11.3 Å². The SMILES string of the molecule is COC(=O)c1cc(S(=O)(=O)N2CCCC2CN)oc1C.Cl. The van der Waals surface area contributed by atoms with E-state index in [2.05, 4.69) is 4.74 Å². The van der Waals surface area contributed by atoms with E-state index in [4.69, 9.17) is 10.2 Å². The Bertz CT molecular complexity index is 613. The van der Waals surface area contributed by atoms with Crippen molar-refractivity contribution in [2.45, 2.75) is 30.9 Å². The van der Waals surface area contributed by atoms with E-state index >= 15 is 0 Å². The summed E-state index contributed by atoms with van der Waals surface area (Å²) in [6.45, 7) is 2.20. The van der Waals surface area contributed by atoms with Crippen molar-refractivity contribution in [3.63, 3.8) is 0 Å². The lowest BCUT2D eigenvalue weighted by Gasteiger charge is -2.21. The lowest BCUT2D eigenvalue weighted by molar-refractivity contribution is 0.0599. The first-order chi connectivity index (χ1) is 9.41. The second-order valence-electron chi connectivity index (χ2n) is 4.67. The van der Waals surface area contributed by atoms with Gasteiger partial charge in [-0.2, -0.15) is 4.31 Å². The zero-order valence-electron chi connectivity index (χ0n) is 11.9. The molecule has 0 bridgehead atoms. The standard InChI is InChI=1S/C12H18N2O5S.ClH/c1-8-10(12(15)18-2)6-11(19-8)20(16,17)14-5-3-4-9(14)7-13;/h6,9H,3-5,7,13H2,1-2H3;1H. The molecule has 1 aromatic rings. The van der Waals surface area contributed by atoms with Crippen LogP contribution >= 0.6 is 12.4 Å². The van der Waals surface area contributed by atoms with E-state index in [0.717, 1.165) is 12.8 Å². The summed E-state index contributed by atoms with van der Waals surface area (Å²) in [5, 5.41) is -0.240.